The zero-order chi connectivity index (χ0) is 83.6. The maximum atomic E-state index is 12.8. The van der Waals surface area contributed by atoms with E-state index in [1.807, 2.05) is 107 Å². The first-order chi connectivity index (χ1) is 58.9. The number of anilines is 6. The number of carbonyl (C=O) groups excluding carboxylic acids is 3. The molecule has 0 unspecified atom stereocenters. The average molecular weight is 1640 g/mol. The molecular formula is C94H117N19O8. The summed E-state index contributed by atoms with van der Waals surface area (Å²) in [5, 5.41) is 27.7. The van der Waals surface area contributed by atoms with Crippen LogP contribution in [-0.2, 0) is 53.3 Å². The Morgan fingerprint density at radius 2 is 0.777 bits per heavy atom. The number of hydrogen-bond acceptors (Lipinski definition) is 24. The lowest BCUT2D eigenvalue weighted by Gasteiger charge is -2.38. The SMILES string of the molecule is C/C=C/C(=O)N1CCN(c2nc(OC[C@@H]3CCCN3C)nc3c2CCN(c2cc(O)cc4ccccc24)C3)CC1.C=CC(=O)N1CCN(c2nc(OC[C@@H]3CCCN3C)nc3c2CCN(c2cccc4ccccc24)C3)CC1.CN(C)C/C=C/C(=O)N1CCN(c2nc(OC[C@@H]3CCCN3C)nc3c2CCN(c2cc(O)cc4ccccc24)C3)CC1. The molecular weight excluding hydrogens is 1520 g/mol. The molecule has 9 aliphatic rings. The van der Waals surface area contributed by atoms with E-state index in [1.54, 1.807) is 18.2 Å². The molecule has 0 radical (unpaired) electrons. The molecule has 0 saturated carbocycles. The van der Waals surface area contributed by atoms with Crippen LogP contribution in [-0.4, -0.2) is 290 Å². The Balaban J connectivity index is 0.000000135. The third-order valence-electron chi connectivity index (χ3n) is 25.6. The van der Waals surface area contributed by atoms with E-state index in [9.17, 15) is 24.6 Å². The topological polar surface area (TPSA) is 239 Å². The van der Waals surface area contributed by atoms with Gasteiger partial charge in [-0.25, -0.2) is 0 Å². The quantitative estimate of drug-likeness (QED) is 0.0675. The molecule has 27 nitrogen and oxygen atoms in total. The number of carbonyl (C=O) groups is 3. The Labute approximate surface area is 710 Å². The summed E-state index contributed by atoms with van der Waals surface area (Å²) < 4.78 is 18.8. The van der Waals surface area contributed by atoms with Crippen molar-refractivity contribution in [2.75, 3.05) is 209 Å². The Bertz CT molecular complexity index is 5250. The first-order valence-corrected chi connectivity index (χ1v) is 43.5. The number of benzene rings is 6. The minimum absolute atomic E-state index is 0.00944. The summed E-state index contributed by atoms with van der Waals surface area (Å²) in [7, 11) is 10.4. The van der Waals surface area contributed by atoms with Crippen molar-refractivity contribution < 1.29 is 38.8 Å². The molecule has 6 saturated heterocycles. The maximum Gasteiger partial charge on any atom is 0.318 e. The largest absolute Gasteiger partial charge is 0.508 e. The van der Waals surface area contributed by atoms with Crippen LogP contribution in [0.15, 0.2) is 152 Å². The van der Waals surface area contributed by atoms with Crippen molar-refractivity contribution in [3.05, 3.63) is 186 Å². The standard InChI is InChI=1S/C33H43N7O3.C31H38N6O3.C30H36N6O2/c1-36(2)13-7-11-31(42)38-16-18-39(19-17-38)32-28-12-15-40(30-21-26(41)20-24-8-4-5-10-27(24)30)22-29(28)34-33(35-32)43-23-25-9-6-14-37(25)3;1-3-7-29(39)35-14-16-36(17-15-35)30-26-11-13-37(28-19-24(38)18-22-8-4-5-10-25(22)28)20-27(26)32-31(33-30)40-21-23-9-6-12-34(23)2;1-3-28(37)34-16-18-35(19-17-34)29-25-13-15-36(27-12-6-9-22-8-4-5-11-24(22)27)20-26(25)31-30(32-29)38-21-23-10-7-14-33(23)2/h4-5,7-8,10-11,20-21,25,41H,6,9,12-19,22-23H2,1-3H3;3-5,7-8,10,18-19,23,38H,6,9,11-17,20-21H2,1-2H3;3-6,8-9,11-12,23H,1,7,10,13-21H2,2H3/b11-7+;7-3+;/t25-;2*23-/m000/s1. The summed E-state index contributed by atoms with van der Waals surface area (Å²) in [6.07, 6.45) is 17.8. The molecule has 12 heterocycles. The predicted octanol–water partition coefficient (Wildman–Crippen LogP) is 10.2. The van der Waals surface area contributed by atoms with Crippen LogP contribution in [0.25, 0.3) is 32.3 Å². The zero-order valence-corrected chi connectivity index (χ0v) is 71.2. The number of allylic oxidation sites excluding steroid dienone is 1. The molecule has 121 heavy (non-hydrogen) atoms. The average Bonchev–Trinajstić information content (AvgIpc) is 1.65. The number of rotatable bonds is 20. The molecule has 0 bridgehead atoms. The number of likely N-dealkylation sites (tertiary alicyclic amines) is 3. The van der Waals surface area contributed by atoms with Crippen LogP contribution in [0, 0.1) is 0 Å². The molecule has 3 amide bonds. The number of ether oxygens (including phenoxy) is 3. The van der Waals surface area contributed by atoms with E-state index in [0.717, 1.165) is 189 Å². The fourth-order valence-corrected chi connectivity index (χ4v) is 18.7. The van der Waals surface area contributed by atoms with Crippen molar-refractivity contribution in [1.82, 2.24) is 64.2 Å². The van der Waals surface area contributed by atoms with Gasteiger partial charge >= 0.3 is 18.0 Å². The number of piperazine rings is 3. The van der Waals surface area contributed by atoms with Gasteiger partial charge in [-0.1, -0.05) is 104 Å². The molecule has 9 aromatic rings. The van der Waals surface area contributed by atoms with Crippen LogP contribution in [0.4, 0.5) is 34.5 Å². The van der Waals surface area contributed by atoms with Gasteiger partial charge in [0.15, 0.2) is 0 Å². The van der Waals surface area contributed by atoms with E-state index >= 15 is 0 Å². The van der Waals surface area contributed by atoms with E-state index in [1.165, 1.54) is 47.4 Å². The number of nitrogens with zero attached hydrogens (tertiary/aromatic N) is 19. The second kappa shape index (κ2) is 38.1. The highest BCUT2D eigenvalue weighted by molar-refractivity contribution is 5.98. The lowest BCUT2D eigenvalue weighted by atomic mass is 10.0. The second-order valence-electron chi connectivity index (χ2n) is 33.7. The number of phenolic OH excluding ortho intramolecular Hbond substituents is 2. The van der Waals surface area contributed by atoms with E-state index in [4.69, 9.17) is 44.1 Å². The van der Waals surface area contributed by atoms with Crippen LogP contribution in [0.5, 0.6) is 29.5 Å². The third kappa shape index (κ3) is 19.3. The van der Waals surface area contributed by atoms with E-state index in [2.05, 4.69) is 126 Å². The van der Waals surface area contributed by atoms with Gasteiger partial charge in [-0.3, -0.25) is 14.4 Å². The Morgan fingerprint density at radius 1 is 0.421 bits per heavy atom. The van der Waals surface area contributed by atoms with Gasteiger partial charge in [0.25, 0.3) is 0 Å². The van der Waals surface area contributed by atoms with Crippen LogP contribution < -0.4 is 43.6 Å². The molecule has 3 aromatic heterocycles. The van der Waals surface area contributed by atoms with Crippen molar-refractivity contribution in [1.29, 1.82) is 0 Å². The summed E-state index contributed by atoms with van der Waals surface area (Å²) in [4.78, 5) is 95.7. The van der Waals surface area contributed by atoms with Gasteiger partial charge in [0.2, 0.25) is 17.7 Å². The van der Waals surface area contributed by atoms with Gasteiger partial charge < -0.3 is 88.1 Å². The first-order valence-electron chi connectivity index (χ1n) is 43.5. The number of aromatic nitrogens is 6. The van der Waals surface area contributed by atoms with E-state index < -0.39 is 0 Å². The molecule has 27 heteroatoms. The lowest BCUT2D eigenvalue weighted by molar-refractivity contribution is -0.127. The second-order valence-corrected chi connectivity index (χ2v) is 33.7. The Kier molecular flexibility index (Phi) is 26.2. The smallest absolute Gasteiger partial charge is 0.318 e. The summed E-state index contributed by atoms with van der Waals surface area (Å²) in [6, 6.07) is 41.2. The molecule has 636 valence electrons. The molecule has 18 rings (SSSR count). The number of hydrogen-bond donors (Lipinski definition) is 2. The van der Waals surface area contributed by atoms with Gasteiger partial charge in [0.1, 0.15) is 48.8 Å². The van der Waals surface area contributed by atoms with Gasteiger partial charge in [-0.05, 0) is 166 Å². The minimum Gasteiger partial charge on any atom is -0.508 e. The van der Waals surface area contributed by atoms with Crippen LogP contribution in [0.3, 0.4) is 0 Å². The van der Waals surface area contributed by atoms with Gasteiger partial charge in [0.05, 0.1) is 36.7 Å². The summed E-state index contributed by atoms with van der Waals surface area (Å²) >= 11 is 0. The first kappa shape index (κ1) is 83.3. The van der Waals surface area contributed by atoms with Crippen LogP contribution in [0.1, 0.15) is 79.2 Å². The Morgan fingerprint density at radius 3 is 1.15 bits per heavy atom. The number of amides is 3. The normalized spacial score (nSPS) is 19.8. The molecule has 3 atom stereocenters. The summed E-state index contributed by atoms with van der Waals surface area (Å²) in [6.45, 7) is 24.0. The minimum atomic E-state index is -0.00944. The Hall–Kier alpha value is -11.4. The molecule has 0 spiro atoms. The fraction of sp³-hybridized carbons (Fsp3) is 0.457. The van der Waals surface area contributed by atoms with E-state index in [0.29, 0.717) is 128 Å². The third-order valence-corrected chi connectivity index (χ3v) is 25.6. The molecule has 9 aliphatic heterocycles. The molecule has 6 fully saturated rings. The highest BCUT2D eigenvalue weighted by Crippen LogP contribution is 2.41. The van der Waals surface area contributed by atoms with Gasteiger partial charge in [-0.2, -0.15) is 29.9 Å². The predicted molar refractivity (Wildman–Crippen MR) is 478 cm³/mol. The number of likely N-dealkylation sites (N-methyl/N-ethyl adjacent to an activating group) is 4. The highest BCUT2D eigenvalue weighted by Gasteiger charge is 2.36. The lowest BCUT2D eigenvalue weighted by Crippen LogP contribution is -2.49. The van der Waals surface area contributed by atoms with Crippen molar-refractivity contribution in [3.63, 3.8) is 0 Å². The van der Waals surface area contributed by atoms with Crippen molar-refractivity contribution >= 4 is 84.6 Å². The van der Waals surface area contributed by atoms with Gasteiger partial charge in [-0.15, -0.1) is 0 Å². The van der Waals surface area contributed by atoms with Crippen molar-refractivity contribution in [2.24, 2.45) is 0 Å². The number of phenols is 2. The number of fused-ring (bicyclic) bond motifs is 6. The summed E-state index contributed by atoms with van der Waals surface area (Å²) in [5.74, 6) is 3.46. The molecule has 6 aromatic carbocycles. The van der Waals surface area contributed by atoms with Crippen molar-refractivity contribution in [2.45, 2.75) is 102 Å². The van der Waals surface area contributed by atoms with Crippen molar-refractivity contribution in [3.8, 4) is 29.5 Å². The number of aromatic hydroxyl groups is 2. The summed E-state index contributed by atoms with van der Waals surface area (Å²) in [5.41, 5.74) is 9.72. The highest BCUT2D eigenvalue weighted by atomic mass is 16.5. The van der Waals surface area contributed by atoms with Crippen LogP contribution in [0.2, 0.25) is 0 Å². The van der Waals surface area contributed by atoms with E-state index in [-0.39, 0.29) is 29.2 Å². The molecule has 0 aliphatic carbocycles. The van der Waals surface area contributed by atoms with Gasteiger partial charge in [0, 0.05) is 191 Å². The van der Waals surface area contributed by atoms with Crippen LogP contribution >= 0.6 is 0 Å². The maximum absolute atomic E-state index is 12.8. The zero-order valence-electron chi connectivity index (χ0n) is 71.2. The molecule has 2 N–H and O–H groups in total. The fourth-order valence-electron chi connectivity index (χ4n) is 18.7. The monoisotopic (exact) mass is 1640 g/mol.